The van der Waals surface area contributed by atoms with Crippen molar-refractivity contribution in [3.8, 4) is 5.75 Å². The highest BCUT2D eigenvalue weighted by molar-refractivity contribution is 7.91. The van der Waals surface area contributed by atoms with Crippen LogP contribution in [0.2, 0.25) is 0 Å². The summed E-state index contributed by atoms with van der Waals surface area (Å²) in [7, 11) is -1.62. The minimum atomic E-state index is -3.11. The van der Waals surface area contributed by atoms with Gasteiger partial charge in [-0.2, -0.15) is 0 Å². The molecular weight excluding hydrogens is 358 g/mol. The largest absolute Gasteiger partial charge is 0.497 e. The van der Waals surface area contributed by atoms with Crippen molar-refractivity contribution in [2.75, 3.05) is 25.2 Å². The van der Waals surface area contributed by atoms with Crippen LogP contribution in [-0.4, -0.2) is 62.5 Å². The van der Waals surface area contributed by atoms with Crippen molar-refractivity contribution in [2.24, 2.45) is 0 Å². The van der Waals surface area contributed by atoms with Crippen molar-refractivity contribution in [2.45, 2.75) is 38.8 Å². The quantitative estimate of drug-likeness (QED) is 0.665. The van der Waals surface area contributed by atoms with Gasteiger partial charge < -0.3 is 14.4 Å². The molecule has 144 valence electrons. The lowest BCUT2D eigenvalue weighted by Crippen LogP contribution is -2.48. The Balaban J connectivity index is 2.03. The second-order valence-electron chi connectivity index (χ2n) is 6.42. The number of methoxy groups -OCH3 is 1. The Morgan fingerprint density at radius 2 is 2.08 bits per heavy atom. The summed E-state index contributed by atoms with van der Waals surface area (Å²) in [6.45, 7) is 3.38. The SMILES string of the molecule is CC[C@H](C)N(C(=O)COC(=O)c1cccc(OC)c1)[C@H]1CCS(=O)(=O)C1. The molecule has 1 heterocycles. The van der Waals surface area contributed by atoms with E-state index >= 15 is 0 Å². The standard InChI is InChI=1S/C18H25NO6S/c1-4-13(2)19(15-8-9-26(22,23)12-15)17(20)11-25-18(21)14-6-5-7-16(10-14)24-3/h5-7,10,13,15H,4,8-9,11-12H2,1-3H3/t13-,15-/m0/s1. The second kappa shape index (κ2) is 8.53. The molecule has 7 nitrogen and oxygen atoms in total. The van der Waals surface area contributed by atoms with Crippen molar-refractivity contribution in [3.05, 3.63) is 29.8 Å². The highest BCUT2D eigenvalue weighted by Crippen LogP contribution is 2.21. The van der Waals surface area contributed by atoms with Crippen LogP contribution in [0.3, 0.4) is 0 Å². The van der Waals surface area contributed by atoms with Crippen LogP contribution in [0, 0.1) is 0 Å². The molecule has 2 atom stereocenters. The number of carbonyl (C=O) groups excluding carboxylic acids is 2. The molecule has 0 saturated carbocycles. The van der Waals surface area contributed by atoms with E-state index in [0.717, 1.165) is 0 Å². The molecule has 1 fully saturated rings. The Labute approximate surface area is 154 Å². The molecule has 1 aromatic carbocycles. The van der Waals surface area contributed by atoms with E-state index < -0.39 is 22.4 Å². The number of hydrogen-bond acceptors (Lipinski definition) is 6. The Morgan fingerprint density at radius 1 is 1.35 bits per heavy atom. The second-order valence-corrected chi connectivity index (χ2v) is 8.65. The summed E-state index contributed by atoms with van der Waals surface area (Å²) >= 11 is 0. The molecular formula is C18H25NO6S. The number of nitrogens with zero attached hydrogens (tertiary/aromatic N) is 1. The Bertz CT molecular complexity index is 761. The van der Waals surface area contributed by atoms with Gasteiger partial charge >= 0.3 is 5.97 Å². The average Bonchev–Trinajstić information content (AvgIpc) is 2.98. The van der Waals surface area contributed by atoms with Crippen molar-refractivity contribution in [1.29, 1.82) is 0 Å². The molecule has 0 spiro atoms. The van der Waals surface area contributed by atoms with Crippen LogP contribution >= 0.6 is 0 Å². The molecule has 2 rings (SSSR count). The summed E-state index contributed by atoms with van der Waals surface area (Å²) in [5.41, 5.74) is 0.288. The topological polar surface area (TPSA) is 90.0 Å². The fourth-order valence-corrected chi connectivity index (χ4v) is 4.75. The van der Waals surface area contributed by atoms with E-state index in [1.165, 1.54) is 13.2 Å². The average molecular weight is 383 g/mol. The third-order valence-electron chi connectivity index (χ3n) is 4.59. The fourth-order valence-electron chi connectivity index (χ4n) is 3.04. The summed E-state index contributed by atoms with van der Waals surface area (Å²) in [6.07, 6.45) is 1.11. The van der Waals surface area contributed by atoms with E-state index in [1.54, 1.807) is 23.1 Å². The number of hydrogen-bond donors (Lipinski definition) is 0. The highest BCUT2D eigenvalue weighted by atomic mass is 32.2. The van der Waals surface area contributed by atoms with Crippen LogP contribution in [0.4, 0.5) is 0 Å². The van der Waals surface area contributed by atoms with E-state index in [-0.39, 0.29) is 35.1 Å². The zero-order valence-corrected chi connectivity index (χ0v) is 16.1. The molecule has 0 N–H and O–H groups in total. The van der Waals surface area contributed by atoms with Crippen LogP contribution in [0.25, 0.3) is 0 Å². The van der Waals surface area contributed by atoms with E-state index in [1.807, 2.05) is 13.8 Å². The van der Waals surface area contributed by atoms with Crippen molar-refractivity contribution < 1.29 is 27.5 Å². The number of esters is 1. The summed E-state index contributed by atoms with van der Waals surface area (Å²) in [6, 6.07) is 5.97. The maximum atomic E-state index is 12.6. The smallest absolute Gasteiger partial charge is 0.338 e. The van der Waals surface area contributed by atoms with Gasteiger partial charge in [-0.3, -0.25) is 4.79 Å². The first-order chi connectivity index (χ1) is 12.3. The number of ether oxygens (including phenoxy) is 2. The minimum absolute atomic E-state index is 0.0348. The van der Waals surface area contributed by atoms with Crippen LogP contribution in [0.5, 0.6) is 5.75 Å². The van der Waals surface area contributed by atoms with Crippen LogP contribution < -0.4 is 4.74 Å². The maximum absolute atomic E-state index is 12.6. The molecule has 1 aromatic rings. The summed E-state index contributed by atoms with van der Waals surface area (Å²) < 4.78 is 33.7. The first-order valence-corrected chi connectivity index (χ1v) is 10.4. The third-order valence-corrected chi connectivity index (χ3v) is 6.34. The maximum Gasteiger partial charge on any atom is 0.338 e. The fraction of sp³-hybridized carbons (Fsp3) is 0.556. The Morgan fingerprint density at radius 3 is 2.65 bits per heavy atom. The van der Waals surface area contributed by atoms with Gasteiger partial charge in [-0.15, -0.1) is 0 Å². The van der Waals surface area contributed by atoms with E-state index in [9.17, 15) is 18.0 Å². The van der Waals surface area contributed by atoms with Gasteiger partial charge in [-0.1, -0.05) is 13.0 Å². The highest BCUT2D eigenvalue weighted by Gasteiger charge is 2.36. The van der Waals surface area contributed by atoms with Gasteiger partial charge in [0.2, 0.25) is 0 Å². The molecule has 1 amide bonds. The Hall–Kier alpha value is -2.09. The lowest BCUT2D eigenvalue weighted by molar-refractivity contribution is -0.138. The van der Waals surface area contributed by atoms with Gasteiger partial charge in [0.1, 0.15) is 5.75 Å². The molecule has 0 aromatic heterocycles. The normalized spacial score (nSPS) is 19.6. The molecule has 0 bridgehead atoms. The molecule has 1 aliphatic rings. The number of rotatable bonds is 7. The first-order valence-electron chi connectivity index (χ1n) is 8.60. The van der Waals surface area contributed by atoms with Crippen molar-refractivity contribution >= 4 is 21.7 Å². The van der Waals surface area contributed by atoms with Crippen LogP contribution in [-0.2, 0) is 19.4 Å². The molecule has 0 unspecified atom stereocenters. The van der Waals surface area contributed by atoms with Crippen molar-refractivity contribution in [1.82, 2.24) is 4.90 Å². The van der Waals surface area contributed by atoms with E-state index in [2.05, 4.69) is 0 Å². The van der Waals surface area contributed by atoms with Gasteiger partial charge in [0.15, 0.2) is 16.4 Å². The number of benzene rings is 1. The predicted molar refractivity (Wildman–Crippen MR) is 96.9 cm³/mol. The molecule has 0 radical (unpaired) electrons. The van der Waals surface area contributed by atoms with Gasteiger partial charge in [0.25, 0.3) is 5.91 Å². The number of sulfone groups is 1. The number of amides is 1. The lowest BCUT2D eigenvalue weighted by Gasteiger charge is -2.33. The van der Waals surface area contributed by atoms with Gasteiger partial charge in [0.05, 0.1) is 24.2 Å². The monoisotopic (exact) mass is 383 g/mol. The molecule has 8 heteroatoms. The first kappa shape index (κ1) is 20.2. The van der Waals surface area contributed by atoms with Crippen molar-refractivity contribution in [3.63, 3.8) is 0 Å². The predicted octanol–water partition coefficient (Wildman–Crippen LogP) is 1.67. The zero-order chi connectivity index (χ0) is 19.3. The van der Waals surface area contributed by atoms with Crippen LogP contribution in [0.1, 0.15) is 37.0 Å². The lowest BCUT2D eigenvalue weighted by atomic mass is 10.1. The van der Waals surface area contributed by atoms with Gasteiger partial charge in [0, 0.05) is 12.1 Å². The molecule has 1 aliphatic heterocycles. The molecule has 1 saturated heterocycles. The number of carbonyl (C=O) groups is 2. The summed E-state index contributed by atoms with van der Waals surface area (Å²) in [4.78, 5) is 26.3. The van der Waals surface area contributed by atoms with Gasteiger partial charge in [-0.05, 0) is 38.0 Å². The molecule has 26 heavy (non-hydrogen) atoms. The third kappa shape index (κ3) is 4.97. The van der Waals surface area contributed by atoms with Gasteiger partial charge in [-0.25, -0.2) is 13.2 Å². The van der Waals surface area contributed by atoms with E-state index in [0.29, 0.717) is 18.6 Å². The summed E-state index contributed by atoms with van der Waals surface area (Å²) in [5, 5.41) is 0. The zero-order valence-electron chi connectivity index (χ0n) is 15.3. The minimum Gasteiger partial charge on any atom is -0.497 e. The Kier molecular flexibility index (Phi) is 6.63. The van der Waals surface area contributed by atoms with Crippen LogP contribution in [0.15, 0.2) is 24.3 Å². The van der Waals surface area contributed by atoms with E-state index in [4.69, 9.17) is 9.47 Å². The molecule has 0 aliphatic carbocycles. The summed E-state index contributed by atoms with van der Waals surface area (Å²) in [5.74, 6) is -0.435.